The molecule has 2 amide bonds. The van der Waals surface area contributed by atoms with E-state index in [1.54, 1.807) is 13.8 Å². The lowest BCUT2D eigenvalue weighted by molar-refractivity contribution is -0.143. The van der Waals surface area contributed by atoms with E-state index >= 15 is 0 Å². The fourth-order valence-electron chi connectivity index (χ4n) is 2.17. The quantitative estimate of drug-likeness (QED) is 0.0982. The van der Waals surface area contributed by atoms with Gasteiger partial charge >= 0.3 is 11.9 Å². The number of carbonyl (C=O) groups excluding carboxylic acids is 2. The highest BCUT2D eigenvalue weighted by molar-refractivity contribution is 5.92. The molecule has 0 saturated heterocycles. The summed E-state index contributed by atoms with van der Waals surface area (Å²) in [7, 11) is 0. The zero-order chi connectivity index (χ0) is 21.9. The Morgan fingerprint density at radius 1 is 1.00 bits per heavy atom. The zero-order valence-electron chi connectivity index (χ0n) is 16.0. The van der Waals surface area contributed by atoms with Crippen molar-refractivity contribution < 1.29 is 29.4 Å². The molecular weight excluding hydrogens is 372 g/mol. The number of carbonyl (C=O) groups is 4. The normalized spacial score (nSPS) is 13.9. The van der Waals surface area contributed by atoms with Gasteiger partial charge in [-0.15, -0.1) is 0 Å². The number of nitrogens with two attached hydrogens (primary N) is 2. The van der Waals surface area contributed by atoms with Crippen LogP contribution in [0.3, 0.4) is 0 Å². The lowest BCUT2D eigenvalue weighted by Crippen LogP contribution is -2.55. The molecule has 0 heterocycles. The number of guanidine groups is 1. The van der Waals surface area contributed by atoms with Crippen LogP contribution in [0.25, 0.3) is 0 Å². The van der Waals surface area contributed by atoms with Crippen molar-refractivity contribution in [2.24, 2.45) is 17.4 Å². The topological polar surface area (TPSA) is 221 Å². The van der Waals surface area contributed by atoms with Crippen molar-refractivity contribution in [1.82, 2.24) is 16.0 Å². The maximum Gasteiger partial charge on any atom is 0.326 e. The highest BCUT2D eigenvalue weighted by atomic mass is 16.4. The summed E-state index contributed by atoms with van der Waals surface area (Å²) < 4.78 is 0. The van der Waals surface area contributed by atoms with Crippen LogP contribution in [0.4, 0.5) is 0 Å². The van der Waals surface area contributed by atoms with Gasteiger partial charge in [0.05, 0.1) is 6.04 Å². The Bertz CT molecular complexity index is 582. The van der Waals surface area contributed by atoms with Crippen molar-refractivity contribution in [2.45, 2.75) is 57.7 Å². The van der Waals surface area contributed by atoms with E-state index in [1.165, 1.54) is 0 Å². The molecule has 0 radical (unpaired) electrons. The highest BCUT2D eigenvalue weighted by Gasteiger charge is 2.28. The molecule has 12 heteroatoms. The molecule has 0 aliphatic carbocycles. The van der Waals surface area contributed by atoms with Gasteiger partial charge in [-0.25, -0.2) is 4.79 Å². The molecule has 10 N–H and O–H groups in total. The van der Waals surface area contributed by atoms with Gasteiger partial charge in [-0.05, 0) is 25.2 Å². The number of carboxylic acid groups (broad SMARTS) is 2. The first-order valence-corrected chi connectivity index (χ1v) is 8.84. The molecule has 0 aromatic rings. The number of carboxylic acids is 2. The largest absolute Gasteiger partial charge is 0.481 e. The summed E-state index contributed by atoms with van der Waals surface area (Å²) in [4.78, 5) is 46.7. The van der Waals surface area contributed by atoms with Crippen molar-refractivity contribution in [2.75, 3.05) is 6.54 Å². The van der Waals surface area contributed by atoms with Gasteiger partial charge < -0.3 is 37.6 Å². The van der Waals surface area contributed by atoms with Crippen LogP contribution < -0.4 is 27.4 Å². The third kappa shape index (κ3) is 10.3. The Kier molecular flexibility index (Phi) is 11.2. The Morgan fingerprint density at radius 3 is 2.04 bits per heavy atom. The molecule has 0 aromatic heterocycles. The molecule has 0 aliphatic heterocycles. The average Bonchev–Trinajstić information content (AvgIpc) is 2.59. The molecule has 0 unspecified atom stereocenters. The van der Waals surface area contributed by atoms with Gasteiger partial charge in [0.2, 0.25) is 11.8 Å². The number of nitrogens with one attached hydrogen (secondary N) is 4. The fourth-order valence-corrected chi connectivity index (χ4v) is 2.17. The van der Waals surface area contributed by atoms with E-state index in [1.807, 2.05) is 0 Å². The maximum absolute atomic E-state index is 12.4. The van der Waals surface area contributed by atoms with Crippen LogP contribution in [0.2, 0.25) is 0 Å². The SMILES string of the molecule is CC(C)[C@H](N)C(=O)N[C@@H](CCC(=O)O)C(=O)N[C@@H](CCCNC(=N)N)C(=O)O. The van der Waals surface area contributed by atoms with Gasteiger partial charge in [-0.1, -0.05) is 13.8 Å². The lowest BCUT2D eigenvalue weighted by Gasteiger charge is -2.23. The first-order chi connectivity index (χ1) is 13.0. The molecule has 3 atom stereocenters. The van der Waals surface area contributed by atoms with Gasteiger partial charge in [0.25, 0.3) is 0 Å². The average molecular weight is 402 g/mol. The van der Waals surface area contributed by atoms with Gasteiger partial charge in [0.15, 0.2) is 5.96 Å². The van der Waals surface area contributed by atoms with Crippen LogP contribution >= 0.6 is 0 Å². The molecular formula is C16H30N6O6. The van der Waals surface area contributed by atoms with Crippen LogP contribution in [0.5, 0.6) is 0 Å². The van der Waals surface area contributed by atoms with Gasteiger partial charge in [-0.2, -0.15) is 0 Å². The van der Waals surface area contributed by atoms with Crippen LogP contribution in [-0.4, -0.2) is 64.6 Å². The van der Waals surface area contributed by atoms with Crippen molar-refractivity contribution >= 4 is 29.7 Å². The van der Waals surface area contributed by atoms with Gasteiger partial charge in [0, 0.05) is 13.0 Å². The number of hydrogen-bond donors (Lipinski definition) is 8. The van der Waals surface area contributed by atoms with Crippen molar-refractivity contribution in [3.05, 3.63) is 0 Å². The smallest absolute Gasteiger partial charge is 0.326 e. The predicted octanol–water partition coefficient (Wildman–Crippen LogP) is -1.85. The molecule has 0 fully saturated rings. The summed E-state index contributed by atoms with van der Waals surface area (Å²) in [5.74, 6) is -4.34. The van der Waals surface area contributed by atoms with E-state index in [0.29, 0.717) is 6.42 Å². The molecule has 28 heavy (non-hydrogen) atoms. The summed E-state index contributed by atoms with van der Waals surface area (Å²) in [6.45, 7) is 3.68. The Balaban J connectivity index is 5.00. The van der Waals surface area contributed by atoms with Crippen LogP contribution in [-0.2, 0) is 19.2 Å². The molecule has 0 aromatic carbocycles. The molecule has 12 nitrogen and oxygen atoms in total. The number of hydrogen-bond acceptors (Lipinski definition) is 6. The summed E-state index contributed by atoms with van der Waals surface area (Å²) in [5, 5.41) is 32.3. The van der Waals surface area contributed by atoms with Crippen LogP contribution in [0, 0.1) is 11.3 Å². The summed E-state index contributed by atoms with van der Waals surface area (Å²) in [6, 6.07) is -3.37. The molecule has 0 saturated carbocycles. The summed E-state index contributed by atoms with van der Waals surface area (Å²) in [5.41, 5.74) is 10.9. The number of rotatable bonds is 13. The molecule has 160 valence electrons. The molecule has 0 bridgehead atoms. The van der Waals surface area contributed by atoms with E-state index in [9.17, 15) is 24.3 Å². The second-order valence-electron chi connectivity index (χ2n) is 6.65. The monoisotopic (exact) mass is 402 g/mol. The second kappa shape index (κ2) is 12.5. The van der Waals surface area contributed by atoms with E-state index < -0.39 is 48.3 Å². The number of amides is 2. The Morgan fingerprint density at radius 2 is 1.57 bits per heavy atom. The zero-order valence-corrected chi connectivity index (χ0v) is 16.0. The lowest BCUT2D eigenvalue weighted by atomic mass is 10.0. The van der Waals surface area contributed by atoms with E-state index in [4.69, 9.17) is 22.0 Å². The number of aliphatic carboxylic acids is 2. The third-order valence-corrected chi connectivity index (χ3v) is 3.90. The van der Waals surface area contributed by atoms with Crippen LogP contribution in [0.1, 0.15) is 39.5 Å². The first kappa shape index (κ1) is 25.1. The van der Waals surface area contributed by atoms with E-state index in [0.717, 1.165) is 0 Å². The Labute approximate surface area is 162 Å². The van der Waals surface area contributed by atoms with Crippen molar-refractivity contribution in [3.8, 4) is 0 Å². The minimum absolute atomic E-state index is 0.0481. The van der Waals surface area contributed by atoms with E-state index in [2.05, 4.69) is 16.0 Å². The van der Waals surface area contributed by atoms with E-state index in [-0.39, 0.29) is 31.3 Å². The van der Waals surface area contributed by atoms with Crippen molar-refractivity contribution in [1.29, 1.82) is 5.41 Å². The van der Waals surface area contributed by atoms with Gasteiger partial charge in [-0.3, -0.25) is 19.8 Å². The molecule has 0 rings (SSSR count). The second-order valence-corrected chi connectivity index (χ2v) is 6.65. The highest BCUT2D eigenvalue weighted by Crippen LogP contribution is 2.05. The predicted molar refractivity (Wildman–Crippen MR) is 100 cm³/mol. The summed E-state index contributed by atoms with van der Waals surface area (Å²) in [6.07, 6.45) is -0.251. The van der Waals surface area contributed by atoms with Gasteiger partial charge in [0.1, 0.15) is 12.1 Å². The first-order valence-electron chi connectivity index (χ1n) is 8.84. The fraction of sp³-hybridized carbons (Fsp3) is 0.688. The summed E-state index contributed by atoms with van der Waals surface area (Å²) >= 11 is 0. The van der Waals surface area contributed by atoms with Crippen LogP contribution in [0.15, 0.2) is 0 Å². The minimum Gasteiger partial charge on any atom is -0.481 e. The molecule has 0 aliphatic rings. The maximum atomic E-state index is 12.4. The molecule has 0 spiro atoms. The Hall–Kier alpha value is -2.89. The van der Waals surface area contributed by atoms with Crippen molar-refractivity contribution in [3.63, 3.8) is 0 Å². The third-order valence-electron chi connectivity index (χ3n) is 3.90. The standard InChI is InChI=1S/C16H30N6O6/c1-8(2)12(17)14(26)21-9(5-6-11(23)24)13(25)22-10(15(27)28)4-3-7-20-16(18)19/h8-10,12H,3-7,17H2,1-2H3,(H,21,26)(H,22,25)(H,23,24)(H,27,28)(H4,18,19,20)/t9-,10-,12-/m0/s1. The minimum atomic E-state index is -1.28.